The van der Waals surface area contributed by atoms with Crippen molar-refractivity contribution < 1.29 is 4.79 Å². The average molecular weight is 311 g/mol. The second kappa shape index (κ2) is 7.13. The van der Waals surface area contributed by atoms with Crippen molar-refractivity contribution in [3.05, 3.63) is 23.8 Å². The monoisotopic (exact) mass is 311 g/mol. The first kappa shape index (κ1) is 15.4. The molecule has 2 rings (SSSR count). The summed E-state index contributed by atoms with van der Waals surface area (Å²) >= 11 is 3.90. The molecule has 3 N–H and O–H groups in total. The highest BCUT2D eigenvalue weighted by atomic mass is 32.2. The molecule has 1 amide bonds. The lowest BCUT2D eigenvalue weighted by atomic mass is 10.1. The van der Waals surface area contributed by atoms with E-state index in [1.165, 1.54) is 11.5 Å². The molecule has 0 radical (unpaired) electrons. The van der Waals surface area contributed by atoms with E-state index in [-0.39, 0.29) is 5.91 Å². The molecule has 1 heterocycles. The normalized spacial score (nSPS) is 18.6. The summed E-state index contributed by atoms with van der Waals surface area (Å²) in [6.45, 7) is 0.720. The Balaban J connectivity index is 2.02. The summed E-state index contributed by atoms with van der Waals surface area (Å²) in [7, 11) is 3.85. The van der Waals surface area contributed by atoms with Crippen molar-refractivity contribution in [3.8, 4) is 0 Å². The van der Waals surface area contributed by atoms with Gasteiger partial charge in [0, 0.05) is 54.5 Å². The maximum Gasteiger partial charge on any atom is 0.253 e. The van der Waals surface area contributed by atoms with Gasteiger partial charge in [-0.2, -0.15) is 23.5 Å². The average Bonchev–Trinajstić information content (AvgIpc) is 2.45. The summed E-state index contributed by atoms with van der Waals surface area (Å²) in [5, 5.41) is 3.55. The third-order valence-corrected chi connectivity index (χ3v) is 5.97. The number of anilines is 2. The van der Waals surface area contributed by atoms with Crippen LogP contribution in [0, 0.1) is 0 Å². The second-order valence-electron chi connectivity index (χ2n) is 4.95. The van der Waals surface area contributed by atoms with Crippen LogP contribution in [0.5, 0.6) is 0 Å². The number of nitrogens with zero attached hydrogens (tertiary/aromatic N) is 1. The van der Waals surface area contributed by atoms with Crippen molar-refractivity contribution in [1.82, 2.24) is 5.32 Å². The number of nitrogens with one attached hydrogen (secondary N) is 1. The molecule has 0 aromatic heterocycles. The number of nitrogen functional groups attached to an aromatic ring is 1. The van der Waals surface area contributed by atoms with E-state index in [0.29, 0.717) is 16.5 Å². The Bertz CT molecular complexity index is 473. The quantitative estimate of drug-likeness (QED) is 0.832. The molecule has 1 fully saturated rings. The summed E-state index contributed by atoms with van der Waals surface area (Å²) < 4.78 is 0. The van der Waals surface area contributed by atoms with Crippen molar-refractivity contribution in [2.75, 3.05) is 48.5 Å². The predicted octanol–water partition coefficient (Wildman–Crippen LogP) is 1.91. The van der Waals surface area contributed by atoms with Crippen molar-refractivity contribution in [1.29, 1.82) is 0 Å². The number of thioether (sulfide) groups is 2. The number of amides is 1. The molecule has 0 aliphatic carbocycles. The van der Waals surface area contributed by atoms with Crippen LogP contribution in [-0.4, -0.2) is 49.1 Å². The van der Waals surface area contributed by atoms with E-state index < -0.39 is 0 Å². The Hall–Kier alpha value is -1.01. The second-order valence-corrected chi connectivity index (χ2v) is 7.51. The number of benzene rings is 1. The summed E-state index contributed by atoms with van der Waals surface area (Å²) in [4.78, 5) is 14.3. The molecular formula is C14H21N3OS2. The maximum atomic E-state index is 12.4. The summed E-state index contributed by atoms with van der Waals surface area (Å²) in [5.74, 6) is 3.46. The topological polar surface area (TPSA) is 58.4 Å². The minimum Gasteiger partial charge on any atom is -0.399 e. The number of carbonyl (C=O) groups is 1. The highest BCUT2D eigenvalue weighted by molar-refractivity contribution is 8.06. The van der Waals surface area contributed by atoms with E-state index >= 15 is 0 Å². The Morgan fingerprint density at radius 2 is 2.25 bits per heavy atom. The maximum absolute atomic E-state index is 12.4. The van der Waals surface area contributed by atoms with Crippen LogP contribution in [0.1, 0.15) is 10.4 Å². The zero-order valence-corrected chi connectivity index (χ0v) is 13.5. The van der Waals surface area contributed by atoms with E-state index in [9.17, 15) is 4.79 Å². The Labute approximate surface area is 128 Å². The van der Waals surface area contributed by atoms with E-state index in [1.807, 2.05) is 54.7 Å². The van der Waals surface area contributed by atoms with E-state index in [4.69, 9.17) is 5.73 Å². The van der Waals surface area contributed by atoms with Crippen molar-refractivity contribution >= 4 is 40.8 Å². The van der Waals surface area contributed by atoms with Gasteiger partial charge in [0.2, 0.25) is 0 Å². The predicted molar refractivity (Wildman–Crippen MR) is 91.1 cm³/mol. The first-order valence-electron chi connectivity index (χ1n) is 6.62. The van der Waals surface area contributed by atoms with Crippen molar-refractivity contribution in [3.63, 3.8) is 0 Å². The van der Waals surface area contributed by atoms with Crippen LogP contribution in [0.15, 0.2) is 18.2 Å². The van der Waals surface area contributed by atoms with Crippen LogP contribution in [0.25, 0.3) is 0 Å². The van der Waals surface area contributed by atoms with Crippen LogP contribution < -0.4 is 16.0 Å². The molecule has 110 valence electrons. The molecule has 6 heteroatoms. The molecule has 0 spiro atoms. The molecule has 1 aromatic rings. The SMILES string of the molecule is CN(C)c1ccc(N)cc1C(=O)NCC1CSCCS1. The fourth-order valence-electron chi connectivity index (χ4n) is 2.08. The summed E-state index contributed by atoms with van der Waals surface area (Å²) in [6, 6.07) is 5.45. The molecular weight excluding hydrogens is 290 g/mol. The lowest BCUT2D eigenvalue weighted by Gasteiger charge is -2.22. The molecule has 20 heavy (non-hydrogen) atoms. The Morgan fingerprint density at radius 1 is 1.45 bits per heavy atom. The Kier molecular flexibility index (Phi) is 5.48. The van der Waals surface area contributed by atoms with Crippen LogP contribution in [0.3, 0.4) is 0 Å². The number of carbonyl (C=O) groups excluding carboxylic acids is 1. The summed E-state index contributed by atoms with van der Waals surface area (Å²) in [6.07, 6.45) is 0. The van der Waals surface area contributed by atoms with Gasteiger partial charge >= 0.3 is 0 Å². The molecule has 0 bridgehead atoms. The van der Waals surface area contributed by atoms with Gasteiger partial charge in [0.15, 0.2) is 0 Å². The fraction of sp³-hybridized carbons (Fsp3) is 0.500. The van der Waals surface area contributed by atoms with Crippen LogP contribution in [0.2, 0.25) is 0 Å². The van der Waals surface area contributed by atoms with Gasteiger partial charge in [0.1, 0.15) is 0 Å². The zero-order chi connectivity index (χ0) is 14.5. The largest absolute Gasteiger partial charge is 0.399 e. The highest BCUT2D eigenvalue weighted by Crippen LogP contribution is 2.24. The van der Waals surface area contributed by atoms with Gasteiger partial charge in [0.05, 0.1) is 5.56 Å². The lowest BCUT2D eigenvalue weighted by Crippen LogP contribution is -2.34. The van der Waals surface area contributed by atoms with Gasteiger partial charge in [-0.15, -0.1) is 0 Å². The lowest BCUT2D eigenvalue weighted by molar-refractivity contribution is 0.0955. The molecule has 1 unspecified atom stereocenters. The first-order valence-corrected chi connectivity index (χ1v) is 8.82. The smallest absolute Gasteiger partial charge is 0.253 e. The molecule has 1 aliphatic heterocycles. The standard InChI is InChI=1S/C14H21N3OS2/c1-17(2)13-4-3-10(15)7-12(13)14(18)16-8-11-9-19-5-6-20-11/h3-4,7,11H,5-6,8-9,15H2,1-2H3,(H,16,18). The Morgan fingerprint density at radius 3 is 2.90 bits per heavy atom. The molecule has 1 atom stereocenters. The van der Waals surface area contributed by atoms with Gasteiger partial charge in [-0.1, -0.05) is 0 Å². The number of hydrogen-bond acceptors (Lipinski definition) is 5. The third kappa shape index (κ3) is 3.99. The summed E-state index contributed by atoms with van der Waals surface area (Å²) in [5.41, 5.74) is 7.95. The van der Waals surface area contributed by atoms with Crippen molar-refractivity contribution in [2.45, 2.75) is 5.25 Å². The third-order valence-electron chi connectivity index (χ3n) is 3.12. The minimum atomic E-state index is -0.0443. The van der Waals surface area contributed by atoms with Gasteiger partial charge in [-0.3, -0.25) is 4.79 Å². The molecule has 1 aromatic carbocycles. The van der Waals surface area contributed by atoms with E-state index in [2.05, 4.69) is 5.32 Å². The molecule has 1 saturated heterocycles. The fourth-order valence-corrected chi connectivity index (χ4v) is 4.69. The highest BCUT2D eigenvalue weighted by Gasteiger charge is 2.17. The van der Waals surface area contributed by atoms with Gasteiger partial charge in [-0.25, -0.2) is 0 Å². The van der Waals surface area contributed by atoms with Gasteiger partial charge < -0.3 is 16.0 Å². The molecule has 0 saturated carbocycles. The van der Waals surface area contributed by atoms with Gasteiger partial charge in [-0.05, 0) is 18.2 Å². The number of hydrogen-bond donors (Lipinski definition) is 2. The molecule has 4 nitrogen and oxygen atoms in total. The van der Waals surface area contributed by atoms with Crippen LogP contribution in [-0.2, 0) is 0 Å². The van der Waals surface area contributed by atoms with Crippen LogP contribution in [0.4, 0.5) is 11.4 Å². The zero-order valence-electron chi connectivity index (χ0n) is 11.9. The van der Waals surface area contributed by atoms with E-state index in [1.54, 1.807) is 6.07 Å². The molecule has 1 aliphatic rings. The number of nitrogens with two attached hydrogens (primary N) is 1. The minimum absolute atomic E-state index is 0.0443. The van der Waals surface area contributed by atoms with Crippen molar-refractivity contribution in [2.24, 2.45) is 0 Å². The van der Waals surface area contributed by atoms with E-state index in [0.717, 1.165) is 18.0 Å². The first-order chi connectivity index (χ1) is 9.58. The van der Waals surface area contributed by atoms with Gasteiger partial charge in [0.25, 0.3) is 5.91 Å². The van der Waals surface area contributed by atoms with Crippen LogP contribution >= 0.6 is 23.5 Å². The number of rotatable bonds is 4.